The molecular formula is C20H26O. The fraction of sp³-hybridized carbons (Fsp3) is 0.650. The van der Waals surface area contributed by atoms with Crippen molar-refractivity contribution in [3.05, 3.63) is 35.5 Å². The Kier molecular flexibility index (Phi) is 3.03. The van der Waals surface area contributed by atoms with Gasteiger partial charge in [-0.3, -0.25) is 4.79 Å². The first-order valence-electron chi connectivity index (χ1n) is 8.69. The van der Waals surface area contributed by atoms with E-state index in [1.165, 1.54) is 43.3 Å². The van der Waals surface area contributed by atoms with Crippen molar-refractivity contribution in [2.45, 2.75) is 58.3 Å². The summed E-state index contributed by atoms with van der Waals surface area (Å²) < 4.78 is 0. The van der Waals surface area contributed by atoms with Gasteiger partial charge >= 0.3 is 0 Å². The molecule has 1 nitrogen and oxygen atoms in total. The lowest BCUT2D eigenvalue weighted by Crippen LogP contribution is -2.42. The summed E-state index contributed by atoms with van der Waals surface area (Å²) in [6, 6.07) is 0. The smallest absolute Gasteiger partial charge is 0.137 e. The number of ketones is 1. The molecule has 1 saturated carbocycles. The molecule has 1 fully saturated rings. The van der Waals surface area contributed by atoms with E-state index in [0.29, 0.717) is 11.2 Å². The molecule has 4 rings (SSSR count). The Balaban J connectivity index is 1.65. The maximum atomic E-state index is 11.7. The lowest BCUT2D eigenvalue weighted by Gasteiger charge is -2.51. The highest BCUT2D eigenvalue weighted by atomic mass is 16.1. The molecule has 0 N–H and O–H groups in total. The molecule has 0 bridgehead atoms. The van der Waals surface area contributed by atoms with Gasteiger partial charge in [0.15, 0.2) is 0 Å². The van der Waals surface area contributed by atoms with Crippen LogP contribution in [0.25, 0.3) is 0 Å². The maximum absolute atomic E-state index is 11.7. The van der Waals surface area contributed by atoms with Crippen molar-refractivity contribution in [3.63, 3.8) is 0 Å². The van der Waals surface area contributed by atoms with Gasteiger partial charge in [-0.15, -0.1) is 0 Å². The lowest BCUT2D eigenvalue weighted by atomic mass is 9.53. The van der Waals surface area contributed by atoms with E-state index in [2.05, 4.69) is 25.7 Å². The summed E-state index contributed by atoms with van der Waals surface area (Å²) in [5.74, 6) is 2.93. The summed E-state index contributed by atoms with van der Waals surface area (Å²) >= 11 is 0. The fourth-order valence-electron chi connectivity index (χ4n) is 5.97. The predicted molar refractivity (Wildman–Crippen MR) is 85.8 cm³/mol. The summed E-state index contributed by atoms with van der Waals surface area (Å²) in [6.45, 7) is 6.52. The molecule has 0 amide bonds. The number of carbonyl (C=O) groups excluding carboxylic acids is 1. The standard InChI is InChI=1S/C20H26O/c1-3-14-5-9-19-18-7-4-13-12-15(21)6-8-16(13)17(18)10-11-20(14,19)2/h3,5,17-19H,1,4,6-12H2,2H3. The van der Waals surface area contributed by atoms with Crippen LogP contribution in [0.5, 0.6) is 0 Å². The first kappa shape index (κ1) is 13.5. The van der Waals surface area contributed by atoms with Crippen molar-refractivity contribution >= 4 is 5.78 Å². The van der Waals surface area contributed by atoms with Gasteiger partial charge in [0, 0.05) is 12.8 Å². The first-order chi connectivity index (χ1) is 10.1. The van der Waals surface area contributed by atoms with Crippen LogP contribution in [0.4, 0.5) is 0 Å². The molecule has 0 aliphatic heterocycles. The minimum Gasteiger partial charge on any atom is -0.299 e. The molecule has 0 spiro atoms. The number of hydrogen-bond donors (Lipinski definition) is 0. The van der Waals surface area contributed by atoms with Gasteiger partial charge in [-0.2, -0.15) is 0 Å². The van der Waals surface area contributed by atoms with Crippen LogP contribution in [-0.4, -0.2) is 5.78 Å². The minimum atomic E-state index is 0.380. The molecule has 112 valence electrons. The topological polar surface area (TPSA) is 17.1 Å². The van der Waals surface area contributed by atoms with Crippen LogP contribution in [0.3, 0.4) is 0 Å². The van der Waals surface area contributed by atoms with E-state index in [9.17, 15) is 4.79 Å². The molecule has 4 unspecified atom stereocenters. The average molecular weight is 282 g/mol. The minimum absolute atomic E-state index is 0.380. The highest BCUT2D eigenvalue weighted by Gasteiger charge is 2.51. The summed E-state index contributed by atoms with van der Waals surface area (Å²) in [5, 5.41) is 0. The van der Waals surface area contributed by atoms with E-state index in [1.54, 1.807) is 5.57 Å². The molecule has 4 aliphatic rings. The van der Waals surface area contributed by atoms with Gasteiger partial charge in [0.25, 0.3) is 0 Å². The zero-order valence-electron chi connectivity index (χ0n) is 13.2. The highest BCUT2D eigenvalue weighted by Crippen LogP contribution is 2.61. The molecule has 21 heavy (non-hydrogen) atoms. The summed E-state index contributed by atoms with van der Waals surface area (Å²) in [5.41, 5.74) is 5.13. The predicted octanol–water partition coefficient (Wildman–Crippen LogP) is 4.99. The van der Waals surface area contributed by atoms with Crippen LogP contribution in [0.1, 0.15) is 58.3 Å². The molecule has 1 heteroatoms. The van der Waals surface area contributed by atoms with Gasteiger partial charge in [-0.25, -0.2) is 0 Å². The fourth-order valence-corrected chi connectivity index (χ4v) is 5.97. The van der Waals surface area contributed by atoms with E-state index in [-0.39, 0.29) is 0 Å². The molecule has 4 aliphatic carbocycles. The third kappa shape index (κ3) is 1.86. The zero-order chi connectivity index (χ0) is 14.6. The van der Waals surface area contributed by atoms with Crippen LogP contribution in [0.2, 0.25) is 0 Å². The number of rotatable bonds is 1. The van der Waals surface area contributed by atoms with Crippen LogP contribution in [-0.2, 0) is 4.79 Å². The highest BCUT2D eigenvalue weighted by molar-refractivity contribution is 5.82. The molecule has 0 aromatic heterocycles. The molecule has 0 heterocycles. The number of carbonyl (C=O) groups is 1. The number of Topliss-reactive ketones (excluding diaryl/α,β-unsaturated/α-hetero) is 1. The number of allylic oxidation sites excluding steroid dienone is 5. The number of hydrogen-bond acceptors (Lipinski definition) is 1. The quantitative estimate of drug-likeness (QED) is 0.619. The van der Waals surface area contributed by atoms with E-state index < -0.39 is 0 Å². The summed E-state index contributed by atoms with van der Waals surface area (Å²) in [7, 11) is 0. The third-order valence-electron chi connectivity index (χ3n) is 7.06. The molecule has 0 saturated heterocycles. The van der Waals surface area contributed by atoms with Crippen LogP contribution in [0.15, 0.2) is 35.5 Å². The second-order valence-corrected chi connectivity index (χ2v) is 7.82. The summed E-state index contributed by atoms with van der Waals surface area (Å²) in [6.07, 6.45) is 13.6. The summed E-state index contributed by atoms with van der Waals surface area (Å²) in [4.78, 5) is 11.7. The number of fused-ring (bicyclic) bond motifs is 4. The van der Waals surface area contributed by atoms with E-state index >= 15 is 0 Å². The lowest BCUT2D eigenvalue weighted by molar-refractivity contribution is -0.119. The maximum Gasteiger partial charge on any atom is 0.137 e. The van der Waals surface area contributed by atoms with Crippen LogP contribution >= 0.6 is 0 Å². The van der Waals surface area contributed by atoms with Crippen molar-refractivity contribution in [2.75, 3.05) is 0 Å². The Hall–Kier alpha value is -1.11. The van der Waals surface area contributed by atoms with Gasteiger partial charge in [0.05, 0.1) is 0 Å². The van der Waals surface area contributed by atoms with E-state index in [1.807, 2.05) is 0 Å². The van der Waals surface area contributed by atoms with Crippen molar-refractivity contribution in [2.24, 2.45) is 23.2 Å². The Morgan fingerprint density at radius 1 is 1.29 bits per heavy atom. The molecular weight excluding hydrogens is 256 g/mol. The Morgan fingerprint density at radius 3 is 2.95 bits per heavy atom. The van der Waals surface area contributed by atoms with Crippen molar-refractivity contribution in [1.29, 1.82) is 0 Å². The Labute approximate surface area is 128 Å². The van der Waals surface area contributed by atoms with Crippen LogP contribution < -0.4 is 0 Å². The van der Waals surface area contributed by atoms with Gasteiger partial charge in [-0.1, -0.05) is 36.8 Å². The van der Waals surface area contributed by atoms with Gasteiger partial charge < -0.3 is 0 Å². The Morgan fingerprint density at radius 2 is 2.14 bits per heavy atom. The monoisotopic (exact) mass is 282 g/mol. The SMILES string of the molecule is C=CC1=CCC2C3CCC4=C(CCC(=O)C4)C3CCC12C. The Bertz CT molecular complexity index is 564. The zero-order valence-corrected chi connectivity index (χ0v) is 13.2. The van der Waals surface area contributed by atoms with Crippen molar-refractivity contribution in [1.82, 2.24) is 0 Å². The molecule has 0 aromatic rings. The molecule has 0 aromatic carbocycles. The van der Waals surface area contributed by atoms with E-state index in [0.717, 1.165) is 37.0 Å². The first-order valence-corrected chi connectivity index (χ1v) is 8.69. The van der Waals surface area contributed by atoms with Gasteiger partial charge in [0.1, 0.15) is 5.78 Å². The molecule has 4 atom stereocenters. The van der Waals surface area contributed by atoms with Crippen molar-refractivity contribution < 1.29 is 4.79 Å². The normalized spacial score (nSPS) is 42.0. The van der Waals surface area contributed by atoms with Gasteiger partial charge in [-0.05, 0) is 67.3 Å². The van der Waals surface area contributed by atoms with Crippen LogP contribution in [0, 0.1) is 23.2 Å². The third-order valence-corrected chi connectivity index (χ3v) is 7.06. The second-order valence-electron chi connectivity index (χ2n) is 7.82. The largest absolute Gasteiger partial charge is 0.299 e. The van der Waals surface area contributed by atoms with Gasteiger partial charge in [0.2, 0.25) is 0 Å². The second kappa shape index (κ2) is 4.69. The van der Waals surface area contributed by atoms with E-state index in [4.69, 9.17) is 0 Å². The molecule has 0 radical (unpaired) electrons. The average Bonchev–Trinajstić information content (AvgIpc) is 2.83. The van der Waals surface area contributed by atoms with Crippen molar-refractivity contribution in [3.8, 4) is 0 Å².